The van der Waals surface area contributed by atoms with Gasteiger partial charge in [-0.3, -0.25) is 4.79 Å². The van der Waals surface area contributed by atoms with Crippen LogP contribution >= 0.6 is 0 Å². The third-order valence-electron chi connectivity index (χ3n) is 4.11. The van der Waals surface area contributed by atoms with Gasteiger partial charge in [0, 0.05) is 6.54 Å². The Labute approximate surface area is 140 Å². The molecular weight excluding hydrogens is 290 g/mol. The van der Waals surface area contributed by atoms with E-state index < -0.39 is 6.10 Å². The maximum Gasteiger partial charge on any atom is 0.261 e. The van der Waals surface area contributed by atoms with Gasteiger partial charge in [0.15, 0.2) is 17.6 Å². The Morgan fingerprint density at radius 1 is 1.13 bits per heavy atom. The molecule has 0 saturated carbocycles. The van der Waals surface area contributed by atoms with Gasteiger partial charge in [0.25, 0.3) is 5.91 Å². The molecule has 0 bridgehead atoms. The minimum Gasteiger partial charge on any atom is -0.493 e. The van der Waals surface area contributed by atoms with Crippen molar-refractivity contribution in [1.82, 2.24) is 5.32 Å². The maximum absolute atomic E-state index is 12.4. The second-order valence-electron chi connectivity index (χ2n) is 5.83. The standard InChI is InChI=1S/C19H31NO3/c1-5-8-11-15(6-2)14-20-19(21)16(7-3)23-18-13-10-9-12-17(18)22-4/h9-10,12-13,15-16H,5-8,11,14H2,1-4H3,(H,20,21)/t15-,16-/m0/s1. The van der Waals surface area contributed by atoms with E-state index in [1.165, 1.54) is 12.8 Å². The molecule has 0 spiro atoms. The summed E-state index contributed by atoms with van der Waals surface area (Å²) >= 11 is 0. The highest BCUT2D eigenvalue weighted by Gasteiger charge is 2.20. The van der Waals surface area contributed by atoms with Crippen molar-refractivity contribution < 1.29 is 14.3 Å². The van der Waals surface area contributed by atoms with Gasteiger partial charge in [-0.15, -0.1) is 0 Å². The van der Waals surface area contributed by atoms with E-state index >= 15 is 0 Å². The van der Waals surface area contributed by atoms with Gasteiger partial charge in [-0.1, -0.05) is 52.2 Å². The number of para-hydroxylation sites is 2. The van der Waals surface area contributed by atoms with Crippen LogP contribution in [0.1, 0.15) is 52.9 Å². The molecule has 23 heavy (non-hydrogen) atoms. The Morgan fingerprint density at radius 2 is 1.83 bits per heavy atom. The molecule has 1 aromatic carbocycles. The quantitative estimate of drug-likeness (QED) is 0.665. The molecule has 0 aliphatic rings. The minimum absolute atomic E-state index is 0.0478. The molecule has 0 radical (unpaired) electrons. The van der Waals surface area contributed by atoms with Crippen LogP contribution in [-0.2, 0) is 4.79 Å². The molecule has 4 heteroatoms. The summed E-state index contributed by atoms with van der Waals surface area (Å²) in [5.41, 5.74) is 0. The number of carbonyl (C=O) groups excluding carboxylic acids is 1. The normalized spacial score (nSPS) is 13.2. The molecule has 1 aromatic rings. The summed E-state index contributed by atoms with van der Waals surface area (Å²) < 4.78 is 11.1. The predicted octanol–water partition coefficient (Wildman–Crippen LogP) is 4.19. The van der Waals surface area contributed by atoms with Crippen LogP contribution in [0.5, 0.6) is 11.5 Å². The van der Waals surface area contributed by atoms with E-state index in [1.54, 1.807) is 7.11 Å². The fraction of sp³-hybridized carbons (Fsp3) is 0.632. The van der Waals surface area contributed by atoms with Gasteiger partial charge in [-0.2, -0.15) is 0 Å². The monoisotopic (exact) mass is 321 g/mol. The van der Waals surface area contributed by atoms with Crippen molar-refractivity contribution in [3.8, 4) is 11.5 Å². The highest BCUT2D eigenvalue weighted by molar-refractivity contribution is 5.81. The second-order valence-corrected chi connectivity index (χ2v) is 5.83. The second kappa shape index (κ2) is 10.9. The SMILES string of the molecule is CCCC[C@H](CC)CNC(=O)[C@H](CC)Oc1ccccc1OC. The van der Waals surface area contributed by atoms with Crippen LogP contribution in [0, 0.1) is 5.92 Å². The lowest BCUT2D eigenvalue weighted by molar-refractivity contribution is -0.128. The molecule has 0 unspecified atom stereocenters. The molecule has 0 aromatic heterocycles. The number of hydrogen-bond donors (Lipinski definition) is 1. The van der Waals surface area contributed by atoms with Gasteiger partial charge < -0.3 is 14.8 Å². The fourth-order valence-electron chi connectivity index (χ4n) is 2.49. The van der Waals surface area contributed by atoms with Crippen molar-refractivity contribution in [2.75, 3.05) is 13.7 Å². The van der Waals surface area contributed by atoms with Crippen LogP contribution in [0.15, 0.2) is 24.3 Å². The number of hydrogen-bond acceptors (Lipinski definition) is 3. The van der Waals surface area contributed by atoms with Crippen molar-refractivity contribution in [3.05, 3.63) is 24.3 Å². The van der Waals surface area contributed by atoms with Gasteiger partial charge in [-0.05, 0) is 30.9 Å². The van der Waals surface area contributed by atoms with Crippen molar-refractivity contribution >= 4 is 5.91 Å². The van der Waals surface area contributed by atoms with E-state index in [2.05, 4.69) is 19.2 Å². The van der Waals surface area contributed by atoms with Gasteiger partial charge in [-0.25, -0.2) is 0 Å². The first-order valence-corrected chi connectivity index (χ1v) is 8.73. The van der Waals surface area contributed by atoms with Crippen LogP contribution in [-0.4, -0.2) is 25.7 Å². The van der Waals surface area contributed by atoms with E-state index in [1.807, 2.05) is 31.2 Å². The van der Waals surface area contributed by atoms with Crippen molar-refractivity contribution in [3.63, 3.8) is 0 Å². The van der Waals surface area contributed by atoms with E-state index in [9.17, 15) is 4.79 Å². The molecule has 0 heterocycles. The first-order chi connectivity index (χ1) is 11.2. The zero-order chi connectivity index (χ0) is 17.1. The van der Waals surface area contributed by atoms with Crippen LogP contribution in [0.25, 0.3) is 0 Å². The van der Waals surface area contributed by atoms with Gasteiger partial charge >= 0.3 is 0 Å². The summed E-state index contributed by atoms with van der Waals surface area (Å²) in [6.45, 7) is 7.05. The third kappa shape index (κ3) is 6.51. The maximum atomic E-state index is 12.4. The molecule has 0 aliphatic heterocycles. The highest BCUT2D eigenvalue weighted by atomic mass is 16.5. The molecule has 0 aliphatic carbocycles. The minimum atomic E-state index is -0.491. The zero-order valence-electron chi connectivity index (χ0n) is 14.9. The number of benzene rings is 1. The fourth-order valence-corrected chi connectivity index (χ4v) is 2.49. The average molecular weight is 321 g/mol. The van der Waals surface area contributed by atoms with E-state index in [-0.39, 0.29) is 5.91 Å². The van der Waals surface area contributed by atoms with E-state index in [0.29, 0.717) is 23.8 Å². The van der Waals surface area contributed by atoms with Crippen molar-refractivity contribution in [2.24, 2.45) is 5.92 Å². The molecule has 0 saturated heterocycles. The first kappa shape index (κ1) is 19.3. The van der Waals surface area contributed by atoms with E-state index in [4.69, 9.17) is 9.47 Å². The largest absolute Gasteiger partial charge is 0.493 e. The molecule has 2 atom stereocenters. The summed E-state index contributed by atoms with van der Waals surface area (Å²) in [5.74, 6) is 1.75. The Hall–Kier alpha value is -1.71. The number of methoxy groups -OCH3 is 1. The Bertz CT molecular complexity index is 462. The van der Waals surface area contributed by atoms with Crippen LogP contribution in [0.2, 0.25) is 0 Å². The molecule has 1 amide bonds. The molecule has 4 nitrogen and oxygen atoms in total. The molecule has 1 rings (SSSR count). The number of nitrogens with one attached hydrogen (secondary N) is 1. The van der Waals surface area contributed by atoms with Crippen LogP contribution in [0.4, 0.5) is 0 Å². The summed E-state index contributed by atoms with van der Waals surface area (Å²) in [7, 11) is 1.60. The Balaban J connectivity index is 2.57. The summed E-state index contributed by atoms with van der Waals surface area (Å²) in [4.78, 5) is 12.4. The van der Waals surface area contributed by atoms with Gasteiger partial charge in [0.05, 0.1) is 7.11 Å². The highest BCUT2D eigenvalue weighted by Crippen LogP contribution is 2.27. The number of ether oxygens (including phenoxy) is 2. The van der Waals surface area contributed by atoms with Crippen LogP contribution in [0.3, 0.4) is 0 Å². The van der Waals surface area contributed by atoms with Crippen LogP contribution < -0.4 is 14.8 Å². The molecule has 130 valence electrons. The molecule has 0 fully saturated rings. The summed E-state index contributed by atoms with van der Waals surface area (Å²) in [6, 6.07) is 7.41. The Morgan fingerprint density at radius 3 is 2.39 bits per heavy atom. The molecular formula is C19H31NO3. The van der Waals surface area contributed by atoms with Crippen molar-refractivity contribution in [1.29, 1.82) is 0 Å². The van der Waals surface area contributed by atoms with Gasteiger partial charge in [0.2, 0.25) is 0 Å². The lowest BCUT2D eigenvalue weighted by Gasteiger charge is -2.21. The average Bonchev–Trinajstić information content (AvgIpc) is 2.59. The van der Waals surface area contributed by atoms with Gasteiger partial charge in [0.1, 0.15) is 0 Å². The Kier molecular flexibility index (Phi) is 9.18. The number of amides is 1. The van der Waals surface area contributed by atoms with Crippen molar-refractivity contribution in [2.45, 2.75) is 59.0 Å². The summed E-state index contributed by atoms with van der Waals surface area (Å²) in [5, 5.41) is 3.05. The predicted molar refractivity (Wildman–Crippen MR) is 94.0 cm³/mol. The first-order valence-electron chi connectivity index (χ1n) is 8.73. The number of unbranched alkanes of at least 4 members (excludes halogenated alkanes) is 1. The van der Waals surface area contributed by atoms with E-state index in [0.717, 1.165) is 19.4 Å². The number of rotatable bonds is 11. The summed E-state index contributed by atoms with van der Waals surface area (Å²) in [6.07, 6.45) is 4.79. The smallest absolute Gasteiger partial charge is 0.261 e. The lowest BCUT2D eigenvalue weighted by atomic mass is 9.99. The topological polar surface area (TPSA) is 47.6 Å². The molecule has 1 N–H and O–H groups in total. The lowest BCUT2D eigenvalue weighted by Crippen LogP contribution is -2.40. The zero-order valence-corrected chi connectivity index (χ0v) is 14.9. The number of carbonyl (C=O) groups is 1. The third-order valence-corrected chi connectivity index (χ3v) is 4.11.